The van der Waals surface area contributed by atoms with Gasteiger partial charge in [0.15, 0.2) is 0 Å². The molecular weight excluding hydrogens is 312 g/mol. The average Bonchev–Trinajstić information content (AvgIpc) is 2.59. The van der Waals surface area contributed by atoms with Gasteiger partial charge in [0.25, 0.3) is 0 Å². The van der Waals surface area contributed by atoms with E-state index in [2.05, 4.69) is 28.1 Å². The SMILES string of the molecule is CC1CCC(NC(=O)CN2CCN(Cc3cccc(N)c3)CC2)CC1. The van der Waals surface area contributed by atoms with Crippen molar-refractivity contribution in [1.82, 2.24) is 15.1 Å². The van der Waals surface area contributed by atoms with E-state index in [0.717, 1.165) is 57.2 Å². The number of nitrogen functional groups attached to an aromatic ring is 1. The molecule has 3 rings (SSSR count). The van der Waals surface area contributed by atoms with Crippen LogP contribution in [0.1, 0.15) is 38.2 Å². The van der Waals surface area contributed by atoms with Gasteiger partial charge in [-0.3, -0.25) is 14.6 Å². The molecule has 0 unspecified atom stereocenters. The highest BCUT2D eigenvalue weighted by atomic mass is 16.2. The molecule has 3 N–H and O–H groups in total. The second kappa shape index (κ2) is 8.68. The fourth-order valence-corrected chi connectivity index (χ4v) is 3.94. The molecule has 0 aromatic heterocycles. The smallest absolute Gasteiger partial charge is 0.234 e. The van der Waals surface area contributed by atoms with Gasteiger partial charge < -0.3 is 11.1 Å². The van der Waals surface area contributed by atoms with Crippen molar-refractivity contribution in [1.29, 1.82) is 0 Å². The van der Waals surface area contributed by atoms with Crippen molar-refractivity contribution in [2.24, 2.45) is 5.92 Å². The van der Waals surface area contributed by atoms with Gasteiger partial charge in [0.1, 0.15) is 0 Å². The summed E-state index contributed by atoms with van der Waals surface area (Å²) in [6.07, 6.45) is 4.77. The number of piperazine rings is 1. The van der Waals surface area contributed by atoms with Crippen molar-refractivity contribution < 1.29 is 4.79 Å². The van der Waals surface area contributed by atoms with Gasteiger partial charge in [-0.1, -0.05) is 19.1 Å². The fraction of sp³-hybridized carbons (Fsp3) is 0.650. The minimum atomic E-state index is 0.198. The van der Waals surface area contributed by atoms with Gasteiger partial charge in [0.2, 0.25) is 5.91 Å². The van der Waals surface area contributed by atoms with Crippen molar-refractivity contribution in [3.8, 4) is 0 Å². The summed E-state index contributed by atoms with van der Waals surface area (Å²) in [7, 11) is 0. The normalized spacial score (nSPS) is 25.6. The molecule has 1 heterocycles. The van der Waals surface area contributed by atoms with Crippen LogP contribution < -0.4 is 11.1 Å². The highest BCUT2D eigenvalue weighted by molar-refractivity contribution is 5.78. The number of nitrogens with one attached hydrogen (secondary N) is 1. The number of amides is 1. The van der Waals surface area contributed by atoms with E-state index in [1.54, 1.807) is 0 Å². The quantitative estimate of drug-likeness (QED) is 0.803. The first-order valence-electron chi connectivity index (χ1n) is 9.67. The lowest BCUT2D eigenvalue weighted by Gasteiger charge is -2.35. The molecule has 5 nitrogen and oxygen atoms in total. The zero-order chi connectivity index (χ0) is 17.6. The van der Waals surface area contributed by atoms with Gasteiger partial charge in [-0.2, -0.15) is 0 Å². The second-order valence-electron chi connectivity index (χ2n) is 7.82. The predicted octanol–water partition coefficient (Wildman–Crippen LogP) is 2.08. The summed E-state index contributed by atoms with van der Waals surface area (Å²) in [5, 5.41) is 3.24. The van der Waals surface area contributed by atoms with Crippen LogP contribution in [-0.4, -0.2) is 54.5 Å². The minimum absolute atomic E-state index is 0.198. The van der Waals surface area contributed by atoms with E-state index < -0.39 is 0 Å². The molecule has 0 atom stereocenters. The Morgan fingerprint density at radius 1 is 1.12 bits per heavy atom. The van der Waals surface area contributed by atoms with Gasteiger partial charge in [0, 0.05) is 44.5 Å². The van der Waals surface area contributed by atoms with Crippen LogP contribution in [0.4, 0.5) is 5.69 Å². The van der Waals surface area contributed by atoms with Gasteiger partial charge >= 0.3 is 0 Å². The molecule has 2 fully saturated rings. The fourth-order valence-electron chi connectivity index (χ4n) is 3.94. The number of benzene rings is 1. The van der Waals surface area contributed by atoms with Crippen molar-refractivity contribution in [3.05, 3.63) is 29.8 Å². The highest BCUT2D eigenvalue weighted by Crippen LogP contribution is 2.23. The van der Waals surface area contributed by atoms with Crippen LogP contribution in [0, 0.1) is 5.92 Å². The zero-order valence-electron chi connectivity index (χ0n) is 15.4. The molecule has 0 spiro atoms. The summed E-state index contributed by atoms with van der Waals surface area (Å²) in [4.78, 5) is 17.0. The monoisotopic (exact) mass is 344 g/mol. The molecule has 1 aromatic carbocycles. The van der Waals surface area contributed by atoms with Crippen LogP contribution in [0.2, 0.25) is 0 Å². The largest absolute Gasteiger partial charge is 0.399 e. The Kier molecular flexibility index (Phi) is 6.32. The summed E-state index contributed by atoms with van der Waals surface area (Å²) in [6.45, 7) is 7.70. The number of carbonyl (C=O) groups is 1. The summed E-state index contributed by atoms with van der Waals surface area (Å²) in [5.74, 6) is 1.02. The van der Waals surface area contributed by atoms with E-state index in [9.17, 15) is 4.79 Å². The predicted molar refractivity (Wildman–Crippen MR) is 102 cm³/mol. The third-order valence-electron chi connectivity index (χ3n) is 5.57. The summed E-state index contributed by atoms with van der Waals surface area (Å²) in [6, 6.07) is 8.50. The lowest BCUT2D eigenvalue weighted by molar-refractivity contribution is -0.123. The topological polar surface area (TPSA) is 61.6 Å². The van der Waals surface area contributed by atoms with Crippen LogP contribution >= 0.6 is 0 Å². The van der Waals surface area contributed by atoms with Crippen molar-refractivity contribution in [2.45, 2.75) is 45.2 Å². The van der Waals surface area contributed by atoms with Crippen LogP contribution in [-0.2, 0) is 11.3 Å². The summed E-state index contributed by atoms with van der Waals surface area (Å²) in [5.41, 5.74) is 7.94. The first-order valence-corrected chi connectivity index (χ1v) is 9.67. The van der Waals surface area contributed by atoms with Gasteiger partial charge in [-0.15, -0.1) is 0 Å². The molecule has 1 amide bonds. The van der Waals surface area contributed by atoms with Gasteiger partial charge in [-0.25, -0.2) is 0 Å². The number of nitrogens with two attached hydrogens (primary N) is 1. The Bertz CT molecular complexity index is 561. The number of hydrogen-bond acceptors (Lipinski definition) is 4. The van der Waals surface area contributed by atoms with Crippen LogP contribution in [0.25, 0.3) is 0 Å². The van der Waals surface area contributed by atoms with Crippen LogP contribution in [0.15, 0.2) is 24.3 Å². The van der Waals surface area contributed by atoms with E-state index in [0.29, 0.717) is 12.6 Å². The molecule has 25 heavy (non-hydrogen) atoms. The molecule has 138 valence electrons. The Morgan fingerprint density at radius 3 is 2.48 bits per heavy atom. The maximum atomic E-state index is 12.3. The average molecular weight is 345 g/mol. The van der Waals surface area contributed by atoms with E-state index in [1.807, 2.05) is 18.2 Å². The van der Waals surface area contributed by atoms with Gasteiger partial charge in [-0.05, 0) is 49.3 Å². The van der Waals surface area contributed by atoms with Crippen molar-refractivity contribution in [3.63, 3.8) is 0 Å². The molecule has 0 bridgehead atoms. The first kappa shape index (κ1) is 18.2. The first-order chi connectivity index (χ1) is 12.1. The lowest BCUT2D eigenvalue weighted by Crippen LogP contribution is -2.50. The lowest BCUT2D eigenvalue weighted by atomic mass is 9.87. The third-order valence-corrected chi connectivity index (χ3v) is 5.57. The molecular formula is C20H32N4O. The molecule has 1 aliphatic carbocycles. The molecule has 2 aliphatic rings. The maximum Gasteiger partial charge on any atom is 0.234 e. The molecule has 1 saturated carbocycles. The minimum Gasteiger partial charge on any atom is -0.399 e. The van der Waals surface area contributed by atoms with E-state index in [1.165, 1.54) is 18.4 Å². The van der Waals surface area contributed by atoms with E-state index >= 15 is 0 Å². The second-order valence-corrected chi connectivity index (χ2v) is 7.82. The molecule has 1 aliphatic heterocycles. The maximum absolute atomic E-state index is 12.3. The Labute approximate surface area is 151 Å². The van der Waals surface area contributed by atoms with Crippen molar-refractivity contribution >= 4 is 11.6 Å². The zero-order valence-corrected chi connectivity index (χ0v) is 15.4. The Hall–Kier alpha value is -1.59. The Morgan fingerprint density at radius 2 is 1.80 bits per heavy atom. The number of carbonyl (C=O) groups excluding carboxylic acids is 1. The van der Waals surface area contributed by atoms with E-state index in [4.69, 9.17) is 5.73 Å². The number of anilines is 1. The molecule has 0 radical (unpaired) electrons. The number of nitrogens with zero attached hydrogens (tertiary/aromatic N) is 2. The summed E-state index contributed by atoms with van der Waals surface area (Å²) >= 11 is 0. The number of hydrogen-bond donors (Lipinski definition) is 2. The molecule has 1 saturated heterocycles. The standard InChI is InChI=1S/C20H32N4O/c1-16-5-7-19(8-6-16)22-20(25)15-24-11-9-23(10-12-24)14-17-3-2-4-18(21)13-17/h2-4,13,16,19H,5-12,14-15,21H2,1H3,(H,22,25). The molecule has 5 heteroatoms. The Balaban J connectivity index is 1.36. The highest BCUT2D eigenvalue weighted by Gasteiger charge is 2.22. The summed E-state index contributed by atoms with van der Waals surface area (Å²) < 4.78 is 0. The third kappa shape index (κ3) is 5.72. The van der Waals surface area contributed by atoms with Crippen LogP contribution in [0.3, 0.4) is 0 Å². The number of rotatable bonds is 5. The van der Waals surface area contributed by atoms with Crippen LogP contribution in [0.5, 0.6) is 0 Å². The molecule has 1 aromatic rings. The van der Waals surface area contributed by atoms with Crippen molar-refractivity contribution in [2.75, 3.05) is 38.5 Å². The van der Waals surface area contributed by atoms with Gasteiger partial charge in [0.05, 0.1) is 6.54 Å². The van der Waals surface area contributed by atoms with E-state index in [-0.39, 0.29) is 5.91 Å².